The number of halogens is 2. The van der Waals surface area contributed by atoms with E-state index in [0.29, 0.717) is 18.7 Å². The number of benzene rings is 2. The third-order valence-electron chi connectivity index (χ3n) is 4.33. The molecule has 146 valence electrons. The molecule has 1 N–H and O–H groups in total. The molecule has 1 fully saturated rings. The molecule has 1 saturated heterocycles. The van der Waals surface area contributed by atoms with Crippen LogP contribution in [-0.2, 0) is 14.3 Å². The lowest BCUT2D eigenvalue weighted by molar-refractivity contribution is -0.123. The third kappa shape index (κ3) is 4.48. The SMILES string of the molecule is C[C@@H](OC(=O)c1ccc(N2CCCC2=O)cc1)C(=O)Nc1ccc(F)c(Cl)c1. The first kappa shape index (κ1) is 19.8. The summed E-state index contributed by atoms with van der Waals surface area (Å²) in [4.78, 5) is 37.9. The van der Waals surface area contributed by atoms with Crippen LogP contribution in [0.15, 0.2) is 42.5 Å². The lowest BCUT2D eigenvalue weighted by Crippen LogP contribution is -2.30. The van der Waals surface area contributed by atoms with Crippen LogP contribution in [0, 0.1) is 5.82 Å². The third-order valence-corrected chi connectivity index (χ3v) is 4.62. The molecule has 1 atom stereocenters. The second kappa shape index (κ2) is 8.39. The normalized spacial score (nSPS) is 14.7. The van der Waals surface area contributed by atoms with Gasteiger partial charge in [-0.15, -0.1) is 0 Å². The molecule has 0 unspecified atom stereocenters. The van der Waals surface area contributed by atoms with E-state index in [4.69, 9.17) is 16.3 Å². The van der Waals surface area contributed by atoms with Gasteiger partial charge in [-0.3, -0.25) is 9.59 Å². The number of nitrogens with zero attached hydrogens (tertiary/aromatic N) is 1. The van der Waals surface area contributed by atoms with Crippen molar-refractivity contribution in [3.63, 3.8) is 0 Å². The molecule has 6 nitrogen and oxygen atoms in total. The van der Waals surface area contributed by atoms with Gasteiger partial charge in [-0.25, -0.2) is 9.18 Å². The highest BCUT2D eigenvalue weighted by molar-refractivity contribution is 6.31. The quantitative estimate of drug-likeness (QED) is 0.769. The topological polar surface area (TPSA) is 75.7 Å². The Bertz CT molecular complexity index is 917. The molecule has 0 aliphatic carbocycles. The van der Waals surface area contributed by atoms with Crippen molar-refractivity contribution < 1.29 is 23.5 Å². The van der Waals surface area contributed by atoms with Crippen LogP contribution < -0.4 is 10.2 Å². The Balaban J connectivity index is 1.59. The van der Waals surface area contributed by atoms with E-state index < -0.39 is 23.8 Å². The number of ether oxygens (including phenoxy) is 1. The fraction of sp³-hybridized carbons (Fsp3) is 0.250. The van der Waals surface area contributed by atoms with Crippen molar-refractivity contribution >= 4 is 40.8 Å². The molecule has 1 aliphatic heterocycles. The maximum Gasteiger partial charge on any atom is 0.338 e. The maximum atomic E-state index is 13.2. The smallest absolute Gasteiger partial charge is 0.338 e. The lowest BCUT2D eigenvalue weighted by atomic mass is 10.2. The number of amides is 2. The molecule has 1 aliphatic rings. The molecule has 0 aromatic heterocycles. The number of anilines is 2. The summed E-state index contributed by atoms with van der Waals surface area (Å²) in [6.45, 7) is 2.09. The fourth-order valence-electron chi connectivity index (χ4n) is 2.80. The van der Waals surface area contributed by atoms with Gasteiger partial charge in [0.2, 0.25) is 5.91 Å². The molecule has 8 heteroatoms. The number of hydrogen-bond acceptors (Lipinski definition) is 4. The average Bonchev–Trinajstić information content (AvgIpc) is 3.10. The first-order valence-corrected chi connectivity index (χ1v) is 9.10. The van der Waals surface area contributed by atoms with Crippen molar-refractivity contribution in [3.05, 3.63) is 58.9 Å². The van der Waals surface area contributed by atoms with E-state index in [1.54, 1.807) is 29.2 Å². The van der Waals surface area contributed by atoms with E-state index in [2.05, 4.69) is 5.32 Å². The molecule has 28 heavy (non-hydrogen) atoms. The predicted molar refractivity (Wildman–Crippen MR) is 103 cm³/mol. The monoisotopic (exact) mass is 404 g/mol. The van der Waals surface area contributed by atoms with E-state index in [1.807, 2.05) is 0 Å². The van der Waals surface area contributed by atoms with Crippen LogP contribution in [0.5, 0.6) is 0 Å². The van der Waals surface area contributed by atoms with Gasteiger partial charge in [0.05, 0.1) is 10.6 Å². The zero-order valence-corrected chi connectivity index (χ0v) is 15.8. The summed E-state index contributed by atoms with van der Waals surface area (Å²) in [5.41, 5.74) is 1.27. The molecule has 1 heterocycles. The van der Waals surface area contributed by atoms with Gasteiger partial charge >= 0.3 is 5.97 Å². The zero-order valence-electron chi connectivity index (χ0n) is 15.1. The van der Waals surface area contributed by atoms with Crippen LogP contribution in [0.3, 0.4) is 0 Å². The second-order valence-electron chi connectivity index (χ2n) is 6.36. The van der Waals surface area contributed by atoms with Crippen LogP contribution in [0.4, 0.5) is 15.8 Å². The van der Waals surface area contributed by atoms with Crippen LogP contribution in [0.25, 0.3) is 0 Å². The molecule has 2 aromatic carbocycles. The van der Waals surface area contributed by atoms with Crippen molar-refractivity contribution in [1.82, 2.24) is 0 Å². The van der Waals surface area contributed by atoms with Crippen LogP contribution in [0.2, 0.25) is 5.02 Å². The van der Waals surface area contributed by atoms with Crippen molar-refractivity contribution in [2.24, 2.45) is 0 Å². The summed E-state index contributed by atoms with van der Waals surface area (Å²) < 4.78 is 18.3. The Morgan fingerprint density at radius 1 is 1.21 bits per heavy atom. The number of rotatable bonds is 5. The summed E-state index contributed by atoms with van der Waals surface area (Å²) in [6, 6.07) is 10.2. The number of esters is 1. The summed E-state index contributed by atoms with van der Waals surface area (Å²) in [7, 11) is 0. The van der Waals surface area contributed by atoms with Crippen molar-refractivity contribution in [1.29, 1.82) is 0 Å². The van der Waals surface area contributed by atoms with Gasteiger partial charge in [-0.1, -0.05) is 11.6 Å². The number of nitrogens with one attached hydrogen (secondary N) is 1. The number of hydrogen-bond donors (Lipinski definition) is 1. The first-order chi connectivity index (χ1) is 13.3. The molecule has 0 radical (unpaired) electrons. The summed E-state index contributed by atoms with van der Waals surface area (Å²) >= 11 is 5.67. The van der Waals surface area contributed by atoms with Crippen molar-refractivity contribution in [3.8, 4) is 0 Å². The summed E-state index contributed by atoms with van der Waals surface area (Å²) in [5.74, 6) is -1.78. The maximum absolute atomic E-state index is 13.2. The van der Waals surface area contributed by atoms with E-state index >= 15 is 0 Å². The van der Waals surface area contributed by atoms with Crippen molar-refractivity contribution in [2.45, 2.75) is 25.9 Å². The van der Waals surface area contributed by atoms with E-state index in [-0.39, 0.29) is 16.5 Å². The van der Waals surface area contributed by atoms with Gasteiger partial charge in [-0.2, -0.15) is 0 Å². The number of carbonyl (C=O) groups is 3. The van der Waals surface area contributed by atoms with Gasteiger partial charge in [0, 0.05) is 24.3 Å². The van der Waals surface area contributed by atoms with Gasteiger partial charge in [-0.05, 0) is 55.8 Å². The molecule has 2 amide bonds. The molecular formula is C20H18ClFN2O4. The zero-order chi connectivity index (χ0) is 20.3. The minimum Gasteiger partial charge on any atom is -0.449 e. The summed E-state index contributed by atoms with van der Waals surface area (Å²) in [5, 5.41) is 2.38. The van der Waals surface area contributed by atoms with Gasteiger partial charge < -0.3 is 15.0 Å². The largest absolute Gasteiger partial charge is 0.449 e. The Morgan fingerprint density at radius 2 is 1.93 bits per heavy atom. The number of carbonyl (C=O) groups excluding carboxylic acids is 3. The van der Waals surface area contributed by atoms with Crippen LogP contribution >= 0.6 is 11.6 Å². The minimum atomic E-state index is -1.07. The highest BCUT2D eigenvalue weighted by Crippen LogP contribution is 2.22. The molecule has 0 bridgehead atoms. The van der Waals surface area contributed by atoms with Crippen LogP contribution in [-0.4, -0.2) is 30.4 Å². The first-order valence-electron chi connectivity index (χ1n) is 8.72. The lowest BCUT2D eigenvalue weighted by Gasteiger charge is -2.16. The highest BCUT2D eigenvalue weighted by Gasteiger charge is 2.23. The fourth-order valence-corrected chi connectivity index (χ4v) is 2.98. The summed E-state index contributed by atoms with van der Waals surface area (Å²) in [6.07, 6.45) is 0.265. The Hall–Kier alpha value is -2.93. The predicted octanol–water partition coefficient (Wildman–Crippen LogP) is 3.79. The second-order valence-corrected chi connectivity index (χ2v) is 6.77. The van der Waals surface area contributed by atoms with Crippen molar-refractivity contribution in [2.75, 3.05) is 16.8 Å². The van der Waals surface area contributed by atoms with Gasteiger partial charge in [0.15, 0.2) is 6.10 Å². The molecule has 0 spiro atoms. The van der Waals surface area contributed by atoms with Crippen LogP contribution in [0.1, 0.15) is 30.1 Å². The molecule has 3 rings (SSSR count). The Morgan fingerprint density at radius 3 is 2.54 bits per heavy atom. The van der Waals surface area contributed by atoms with E-state index in [9.17, 15) is 18.8 Å². The molecular weight excluding hydrogens is 387 g/mol. The minimum absolute atomic E-state index is 0.0570. The van der Waals surface area contributed by atoms with E-state index in [1.165, 1.54) is 19.1 Å². The average molecular weight is 405 g/mol. The standard InChI is InChI=1S/C20H18ClFN2O4/c1-12(19(26)23-14-6-9-17(22)16(21)11-14)28-20(27)13-4-7-15(8-5-13)24-10-2-3-18(24)25/h4-9,11-12H,2-3,10H2,1H3,(H,23,26)/t12-/m1/s1. The van der Waals surface area contributed by atoms with Gasteiger partial charge in [0.1, 0.15) is 5.82 Å². The molecule has 2 aromatic rings. The van der Waals surface area contributed by atoms with Gasteiger partial charge in [0.25, 0.3) is 5.91 Å². The Kier molecular flexibility index (Phi) is 5.94. The highest BCUT2D eigenvalue weighted by atomic mass is 35.5. The Labute approximate surface area is 166 Å². The molecule has 0 saturated carbocycles. The van der Waals surface area contributed by atoms with E-state index in [0.717, 1.165) is 18.2 Å².